The van der Waals surface area contributed by atoms with Gasteiger partial charge in [0.25, 0.3) is 9.04 Å². The van der Waals surface area contributed by atoms with Crippen molar-refractivity contribution < 1.29 is 4.53 Å². The molecule has 0 fully saturated rings. The van der Waals surface area contributed by atoms with Crippen molar-refractivity contribution >= 4 is 21.3 Å². The molecule has 0 aliphatic rings. The van der Waals surface area contributed by atoms with E-state index in [1.54, 1.807) is 6.21 Å². The molecule has 0 saturated carbocycles. The van der Waals surface area contributed by atoms with Crippen molar-refractivity contribution in [2.24, 2.45) is 5.16 Å². The minimum Gasteiger partial charge on any atom is -0.458 e. The summed E-state index contributed by atoms with van der Waals surface area (Å²) in [7, 11) is -1.23. The summed E-state index contributed by atoms with van der Waals surface area (Å²) in [6, 6.07) is 10.2. The Balaban J connectivity index is 2.43. The number of allylic oxidation sites excluding steroid dienone is 1. The van der Waals surface area contributed by atoms with Gasteiger partial charge in [0.1, 0.15) is 0 Å². The Morgan fingerprint density at radius 3 is 2.22 bits per heavy atom. The number of hydrogen-bond acceptors (Lipinski definition) is 2. The summed E-state index contributed by atoms with van der Waals surface area (Å²) >= 11 is 0. The van der Waals surface area contributed by atoms with Gasteiger partial charge in [-0.3, -0.25) is 0 Å². The molecule has 18 heavy (non-hydrogen) atoms. The predicted molar refractivity (Wildman–Crippen MR) is 82.4 cm³/mol. The summed E-state index contributed by atoms with van der Waals surface area (Å²) < 4.78 is 5.66. The van der Waals surface area contributed by atoms with E-state index in [4.69, 9.17) is 4.53 Å². The molecular formula is C15H23NOSi. The molecule has 1 aromatic carbocycles. The molecule has 3 heteroatoms. The van der Waals surface area contributed by atoms with Crippen LogP contribution in [0.4, 0.5) is 0 Å². The van der Waals surface area contributed by atoms with Crippen LogP contribution in [0.1, 0.15) is 33.3 Å². The Bertz CT molecular complexity index is 377. The number of nitrogens with zero attached hydrogens (tertiary/aromatic N) is 1. The Morgan fingerprint density at radius 2 is 1.67 bits per heavy atom. The minimum absolute atomic E-state index is 0.611. The first-order valence-electron chi connectivity index (χ1n) is 6.52. The van der Waals surface area contributed by atoms with Crippen LogP contribution < -0.4 is 0 Å². The van der Waals surface area contributed by atoms with Gasteiger partial charge in [0.15, 0.2) is 0 Å². The average molecular weight is 261 g/mol. The lowest BCUT2D eigenvalue weighted by atomic mass is 10.2. The molecule has 0 unspecified atom stereocenters. The predicted octanol–water partition coefficient (Wildman–Crippen LogP) is 4.25. The zero-order chi connectivity index (χ0) is 13.4. The number of benzene rings is 1. The molecule has 1 rings (SSSR count). The van der Waals surface area contributed by atoms with E-state index in [1.807, 2.05) is 30.4 Å². The fraction of sp³-hybridized carbons (Fsp3) is 0.400. The Morgan fingerprint density at radius 1 is 1.06 bits per heavy atom. The third-order valence-corrected chi connectivity index (χ3v) is 5.73. The summed E-state index contributed by atoms with van der Waals surface area (Å²) in [5.41, 5.74) is 2.39. The van der Waals surface area contributed by atoms with Crippen molar-refractivity contribution in [1.29, 1.82) is 0 Å². The number of oxime groups is 1. The molecule has 0 N–H and O–H groups in total. The van der Waals surface area contributed by atoms with Crippen LogP contribution in [-0.2, 0) is 4.53 Å². The summed E-state index contributed by atoms with van der Waals surface area (Å²) in [5.74, 6) is 0. The molecule has 0 aliphatic heterocycles. The SMILES string of the molecule is CC(C)[SiH](ON=C/C=C/c1ccccc1)C(C)C. The van der Waals surface area contributed by atoms with Crippen molar-refractivity contribution in [3.05, 3.63) is 42.0 Å². The molecule has 1 aromatic rings. The molecular weight excluding hydrogens is 238 g/mol. The van der Waals surface area contributed by atoms with Crippen LogP contribution in [0, 0.1) is 0 Å². The van der Waals surface area contributed by atoms with Crippen LogP contribution in [0.25, 0.3) is 6.08 Å². The summed E-state index contributed by atoms with van der Waals surface area (Å²) in [5, 5.41) is 4.08. The first kappa shape index (κ1) is 14.7. The monoisotopic (exact) mass is 261 g/mol. The van der Waals surface area contributed by atoms with Gasteiger partial charge in [-0.15, -0.1) is 5.16 Å². The largest absolute Gasteiger partial charge is 0.458 e. The lowest BCUT2D eigenvalue weighted by Crippen LogP contribution is -2.23. The van der Waals surface area contributed by atoms with E-state index in [1.165, 1.54) is 5.56 Å². The normalized spacial score (nSPS) is 12.4. The highest BCUT2D eigenvalue weighted by Crippen LogP contribution is 2.20. The highest BCUT2D eigenvalue weighted by Gasteiger charge is 2.22. The van der Waals surface area contributed by atoms with Crippen molar-refractivity contribution in [1.82, 2.24) is 0 Å². The zero-order valence-electron chi connectivity index (χ0n) is 11.7. The maximum absolute atomic E-state index is 5.66. The van der Waals surface area contributed by atoms with Gasteiger partial charge < -0.3 is 4.53 Å². The lowest BCUT2D eigenvalue weighted by Gasteiger charge is -2.19. The average Bonchev–Trinajstić information content (AvgIpc) is 2.34. The molecule has 0 aliphatic carbocycles. The second-order valence-electron chi connectivity index (χ2n) is 5.08. The fourth-order valence-corrected chi connectivity index (χ4v) is 4.11. The zero-order valence-corrected chi connectivity index (χ0v) is 12.9. The molecule has 98 valence electrons. The van der Waals surface area contributed by atoms with E-state index < -0.39 is 9.04 Å². The highest BCUT2D eigenvalue weighted by atomic mass is 28.3. The molecule has 0 spiro atoms. The minimum atomic E-state index is -1.23. The number of rotatable bonds is 6. The van der Waals surface area contributed by atoms with Crippen molar-refractivity contribution in [3.8, 4) is 0 Å². The van der Waals surface area contributed by atoms with Gasteiger partial charge in [-0.1, -0.05) is 64.1 Å². The molecule has 0 atom stereocenters. The maximum Gasteiger partial charge on any atom is 0.277 e. The molecule has 0 amide bonds. The van der Waals surface area contributed by atoms with Crippen LogP contribution >= 0.6 is 0 Å². The molecule has 0 heterocycles. The second-order valence-corrected chi connectivity index (χ2v) is 8.89. The lowest BCUT2D eigenvalue weighted by molar-refractivity contribution is 0.333. The third kappa shape index (κ3) is 5.32. The van der Waals surface area contributed by atoms with E-state index >= 15 is 0 Å². The van der Waals surface area contributed by atoms with Crippen molar-refractivity contribution in [3.63, 3.8) is 0 Å². The molecule has 0 radical (unpaired) electrons. The van der Waals surface area contributed by atoms with Crippen molar-refractivity contribution in [2.45, 2.75) is 38.8 Å². The molecule has 0 saturated heterocycles. The standard InChI is InChI=1S/C15H23NOSi/c1-13(2)18(14(3)4)17-16-12-8-11-15-9-6-5-7-10-15/h5-14,18H,1-4H3/b11-8+,16-12?. The van der Waals surface area contributed by atoms with Gasteiger partial charge in [-0.2, -0.15) is 0 Å². The second kappa shape index (κ2) is 7.87. The summed E-state index contributed by atoms with van der Waals surface area (Å²) in [4.78, 5) is 0. The quantitative estimate of drug-likeness (QED) is 0.426. The van der Waals surface area contributed by atoms with Gasteiger partial charge in [0.05, 0.1) is 6.21 Å². The summed E-state index contributed by atoms with van der Waals surface area (Å²) in [6.45, 7) is 8.86. The number of hydrogen-bond donors (Lipinski definition) is 0. The summed E-state index contributed by atoms with van der Waals surface area (Å²) in [6.07, 6.45) is 5.67. The van der Waals surface area contributed by atoms with Crippen LogP contribution in [-0.4, -0.2) is 15.3 Å². The highest BCUT2D eigenvalue weighted by molar-refractivity contribution is 6.54. The van der Waals surface area contributed by atoms with Gasteiger partial charge in [-0.05, 0) is 22.7 Å². The molecule has 0 bridgehead atoms. The van der Waals surface area contributed by atoms with E-state index in [-0.39, 0.29) is 0 Å². The Labute approximate surface area is 112 Å². The van der Waals surface area contributed by atoms with Crippen molar-refractivity contribution in [2.75, 3.05) is 0 Å². The van der Waals surface area contributed by atoms with E-state index in [9.17, 15) is 0 Å². The first-order chi connectivity index (χ1) is 8.61. The van der Waals surface area contributed by atoms with Gasteiger partial charge in [0.2, 0.25) is 0 Å². The van der Waals surface area contributed by atoms with E-state index in [0.29, 0.717) is 11.1 Å². The fourth-order valence-electron chi connectivity index (χ4n) is 1.87. The Kier molecular flexibility index (Phi) is 6.43. The van der Waals surface area contributed by atoms with Crippen LogP contribution in [0.2, 0.25) is 11.1 Å². The molecule has 2 nitrogen and oxygen atoms in total. The smallest absolute Gasteiger partial charge is 0.277 e. The van der Waals surface area contributed by atoms with Crippen LogP contribution in [0.5, 0.6) is 0 Å². The third-order valence-electron chi connectivity index (χ3n) is 2.73. The van der Waals surface area contributed by atoms with E-state index in [2.05, 4.69) is 45.0 Å². The van der Waals surface area contributed by atoms with Gasteiger partial charge >= 0.3 is 0 Å². The molecule has 0 aromatic heterocycles. The van der Waals surface area contributed by atoms with Gasteiger partial charge in [-0.25, -0.2) is 0 Å². The van der Waals surface area contributed by atoms with Crippen LogP contribution in [0.3, 0.4) is 0 Å². The topological polar surface area (TPSA) is 21.6 Å². The van der Waals surface area contributed by atoms with E-state index in [0.717, 1.165) is 0 Å². The Hall–Kier alpha value is -1.35. The van der Waals surface area contributed by atoms with Crippen LogP contribution in [0.15, 0.2) is 41.6 Å². The first-order valence-corrected chi connectivity index (χ1v) is 8.32. The van der Waals surface area contributed by atoms with Gasteiger partial charge in [0, 0.05) is 0 Å². The maximum atomic E-state index is 5.66.